The summed E-state index contributed by atoms with van der Waals surface area (Å²) in [4.78, 5) is 24.7. The van der Waals surface area contributed by atoms with Crippen LogP contribution >= 0.6 is 0 Å². The van der Waals surface area contributed by atoms with Gasteiger partial charge >= 0.3 is 5.97 Å². The molecule has 0 saturated heterocycles. The second-order valence-corrected chi connectivity index (χ2v) is 26.7. The van der Waals surface area contributed by atoms with E-state index in [1.165, 1.54) is 372 Å². The molecule has 1 amide bonds. The number of aliphatic hydroxyl groups is 2. The smallest absolute Gasteiger partial charge is 0.305 e. The van der Waals surface area contributed by atoms with Crippen molar-refractivity contribution in [3.05, 3.63) is 12.2 Å². The molecule has 0 radical (unpaired) electrons. The van der Waals surface area contributed by atoms with Crippen molar-refractivity contribution < 1.29 is 24.5 Å². The minimum atomic E-state index is -0.662. The first-order valence-electron chi connectivity index (χ1n) is 38.4. The number of aliphatic hydroxyl groups excluding tert-OH is 2. The molecule has 0 aliphatic heterocycles. The first-order chi connectivity index (χ1) is 41.0. The molecule has 0 aromatic heterocycles. The Hall–Kier alpha value is -1.40. The molecule has 0 bridgehead atoms. The third-order valence-corrected chi connectivity index (χ3v) is 18.3. The number of esters is 1. The Morgan fingerprint density at radius 1 is 0.325 bits per heavy atom. The Labute approximate surface area is 520 Å². The highest BCUT2D eigenvalue weighted by Crippen LogP contribution is 2.20. The van der Waals surface area contributed by atoms with Gasteiger partial charge < -0.3 is 20.3 Å². The number of carbonyl (C=O) groups excluding carboxylic acids is 2. The Bertz CT molecular complexity index is 1260. The van der Waals surface area contributed by atoms with E-state index in [2.05, 4.69) is 31.3 Å². The van der Waals surface area contributed by atoms with Crippen LogP contribution in [0.3, 0.4) is 0 Å². The van der Waals surface area contributed by atoms with Gasteiger partial charge in [-0.25, -0.2) is 0 Å². The van der Waals surface area contributed by atoms with Crippen molar-refractivity contribution in [2.24, 2.45) is 0 Å². The minimum absolute atomic E-state index is 0.0204. The van der Waals surface area contributed by atoms with Gasteiger partial charge in [0, 0.05) is 12.8 Å². The number of ether oxygens (including phenoxy) is 1. The fourth-order valence-corrected chi connectivity index (χ4v) is 12.5. The predicted molar refractivity (Wildman–Crippen MR) is 366 cm³/mol. The van der Waals surface area contributed by atoms with Gasteiger partial charge in [0.1, 0.15) is 0 Å². The summed E-state index contributed by atoms with van der Waals surface area (Å²) < 4.78 is 5.52. The molecular weight excluding hydrogens is 1020 g/mol. The van der Waals surface area contributed by atoms with Gasteiger partial charge in [-0.15, -0.1) is 0 Å². The van der Waals surface area contributed by atoms with Gasteiger partial charge in [0.05, 0.1) is 25.4 Å². The zero-order valence-corrected chi connectivity index (χ0v) is 56.7. The van der Waals surface area contributed by atoms with Crippen LogP contribution in [0.2, 0.25) is 0 Å². The average molecular weight is 1170 g/mol. The molecule has 0 aliphatic carbocycles. The van der Waals surface area contributed by atoms with Crippen molar-refractivity contribution in [1.82, 2.24) is 5.32 Å². The van der Waals surface area contributed by atoms with Gasteiger partial charge in [0.15, 0.2) is 0 Å². The van der Waals surface area contributed by atoms with E-state index in [0.29, 0.717) is 25.9 Å². The lowest BCUT2D eigenvalue weighted by molar-refractivity contribution is -0.143. The molecule has 0 heterocycles. The van der Waals surface area contributed by atoms with Crippen molar-refractivity contribution in [3.8, 4) is 0 Å². The van der Waals surface area contributed by atoms with Crippen LogP contribution in [0.1, 0.15) is 444 Å². The highest BCUT2D eigenvalue weighted by Gasteiger charge is 2.20. The van der Waals surface area contributed by atoms with Gasteiger partial charge in [-0.3, -0.25) is 9.59 Å². The van der Waals surface area contributed by atoms with Crippen LogP contribution in [-0.2, 0) is 14.3 Å². The molecule has 0 fully saturated rings. The fourth-order valence-electron chi connectivity index (χ4n) is 12.5. The Balaban J connectivity index is 3.32. The van der Waals surface area contributed by atoms with Crippen LogP contribution < -0.4 is 5.32 Å². The molecule has 494 valence electrons. The van der Waals surface area contributed by atoms with Crippen LogP contribution in [0.5, 0.6) is 0 Å². The lowest BCUT2D eigenvalue weighted by atomic mass is 10.0. The van der Waals surface area contributed by atoms with E-state index in [-0.39, 0.29) is 18.5 Å². The normalized spacial score (nSPS) is 12.5. The summed E-state index contributed by atoms with van der Waals surface area (Å²) in [5.41, 5.74) is 0. The van der Waals surface area contributed by atoms with Crippen molar-refractivity contribution in [2.75, 3.05) is 13.2 Å². The van der Waals surface area contributed by atoms with E-state index in [9.17, 15) is 19.8 Å². The number of hydrogen-bond donors (Lipinski definition) is 3. The maximum absolute atomic E-state index is 12.5. The van der Waals surface area contributed by atoms with Crippen LogP contribution in [0.25, 0.3) is 0 Å². The molecule has 0 aliphatic rings. The number of hydrogen-bond acceptors (Lipinski definition) is 5. The van der Waals surface area contributed by atoms with Crippen LogP contribution in [-0.4, -0.2) is 47.4 Å². The molecule has 0 rings (SSSR count). The molecule has 6 nitrogen and oxygen atoms in total. The molecule has 3 N–H and O–H groups in total. The maximum atomic E-state index is 12.5. The summed E-state index contributed by atoms with van der Waals surface area (Å²) in [6.07, 6.45) is 91.4. The molecule has 0 aromatic carbocycles. The quantitative estimate of drug-likeness (QED) is 0.0320. The average Bonchev–Trinajstić information content (AvgIpc) is 3.49. The molecule has 6 heteroatoms. The first-order valence-corrected chi connectivity index (χ1v) is 38.4. The Morgan fingerprint density at radius 2 is 0.566 bits per heavy atom. The molecule has 0 saturated carbocycles. The van der Waals surface area contributed by atoms with E-state index in [1.807, 2.05) is 0 Å². The number of rotatable bonds is 73. The molecular formula is C77H151NO5. The second kappa shape index (κ2) is 73.1. The summed E-state index contributed by atoms with van der Waals surface area (Å²) in [5, 5.41) is 23.4. The van der Waals surface area contributed by atoms with Crippen LogP contribution in [0.4, 0.5) is 0 Å². The third-order valence-electron chi connectivity index (χ3n) is 18.3. The summed E-state index contributed by atoms with van der Waals surface area (Å²) in [5.74, 6) is -0.00627. The third kappa shape index (κ3) is 69.6. The SMILES string of the molecule is CCCCCCCC/C=C\CCCCCCCCCCCC(=O)OCCCCCCCCCCCCCCCCCCCCCCCCCCCCCCCC(=O)NC(CO)C(O)CCCCCCCCCCCCCCCCCCCC. The highest BCUT2D eigenvalue weighted by atomic mass is 16.5. The van der Waals surface area contributed by atoms with E-state index >= 15 is 0 Å². The molecule has 2 atom stereocenters. The summed E-state index contributed by atoms with van der Waals surface area (Å²) in [7, 11) is 0. The Morgan fingerprint density at radius 3 is 0.855 bits per heavy atom. The topological polar surface area (TPSA) is 95.9 Å². The van der Waals surface area contributed by atoms with E-state index in [0.717, 1.165) is 38.5 Å². The van der Waals surface area contributed by atoms with E-state index in [1.54, 1.807) is 0 Å². The lowest BCUT2D eigenvalue weighted by Crippen LogP contribution is -2.45. The van der Waals surface area contributed by atoms with Crippen molar-refractivity contribution in [3.63, 3.8) is 0 Å². The lowest BCUT2D eigenvalue weighted by Gasteiger charge is -2.22. The molecule has 83 heavy (non-hydrogen) atoms. The van der Waals surface area contributed by atoms with Gasteiger partial charge in [0.25, 0.3) is 0 Å². The molecule has 2 unspecified atom stereocenters. The monoisotopic (exact) mass is 1170 g/mol. The maximum Gasteiger partial charge on any atom is 0.305 e. The molecule has 0 aromatic rings. The predicted octanol–water partition coefficient (Wildman–Crippen LogP) is 25.1. The largest absolute Gasteiger partial charge is 0.466 e. The van der Waals surface area contributed by atoms with Gasteiger partial charge in [-0.05, 0) is 51.4 Å². The van der Waals surface area contributed by atoms with Gasteiger partial charge in [-0.2, -0.15) is 0 Å². The van der Waals surface area contributed by atoms with Crippen molar-refractivity contribution in [2.45, 2.75) is 456 Å². The Kier molecular flexibility index (Phi) is 71.8. The van der Waals surface area contributed by atoms with Gasteiger partial charge in [0.2, 0.25) is 5.91 Å². The standard InChI is InChI=1S/C77H151NO5/c1-3-5-7-9-11-13-15-17-19-21-34-39-43-47-51-55-59-63-67-71-77(82)83-72-68-64-60-56-52-48-44-40-36-33-31-29-27-25-23-24-26-28-30-32-35-38-42-46-50-54-58-62-66-70-76(81)78-74(73-79)75(80)69-65-61-57-53-49-45-41-37-22-20-18-16-14-12-10-8-6-4-2/h17,19,74-75,79-80H,3-16,18,20-73H2,1-2H3,(H,78,81)/b19-17-. The summed E-state index contributed by atoms with van der Waals surface area (Å²) in [6.45, 7) is 5.00. The van der Waals surface area contributed by atoms with Crippen molar-refractivity contribution in [1.29, 1.82) is 0 Å². The fraction of sp³-hybridized carbons (Fsp3) is 0.948. The van der Waals surface area contributed by atoms with E-state index in [4.69, 9.17) is 4.74 Å². The van der Waals surface area contributed by atoms with Crippen LogP contribution in [0.15, 0.2) is 12.2 Å². The zero-order valence-electron chi connectivity index (χ0n) is 56.7. The zero-order chi connectivity index (χ0) is 59.9. The first kappa shape index (κ1) is 81.6. The van der Waals surface area contributed by atoms with Gasteiger partial charge in [-0.1, -0.05) is 392 Å². The summed E-state index contributed by atoms with van der Waals surface area (Å²) >= 11 is 0. The van der Waals surface area contributed by atoms with Crippen molar-refractivity contribution >= 4 is 11.9 Å². The van der Waals surface area contributed by atoms with E-state index < -0.39 is 12.1 Å². The number of nitrogens with one attached hydrogen (secondary N) is 1. The number of unbranched alkanes of at least 4 members (excludes halogenated alkanes) is 60. The number of carbonyl (C=O) groups is 2. The molecule has 0 spiro atoms. The van der Waals surface area contributed by atoms with Crippen LogP contribution in [0, 0.1) is 0 Å². The highest BCUT2D eigenvalue weighted by molar-refractivity contribution is 5.76. The number of allylic oxidation sites excluding steroid dienone is 2. The number of amides is 1. The summed E-state index contributed by atoms with van der Waals surface area (Å²) in [6, 6.07) is -0.539. The minimum Gasteiger partial charge on any atom is -0.466 e. The second-order valence-electron chi connectivity index (χ2n) is 26.7.